The Morgan fingerprint density at radius 1 is 0.941 bits per heavy atom. The van der Waals surface area contributed by atoms with Gasteiger partial charge in [0, 0.05) is 44.0 Å². The van der Waals surface area contributed by atoms with Crippen LogP contribution in [0.4, 0.5) is 0 Å². The van der Waals surface area contributed by atoms with Gasteiger partial charge >= 0.3 is 0 Å². The zero-order chi connectivity index (χ0) is 24.0. The Bertz CT molecular complexity index is 1400. The van der Waals surface area contributed by atoms with Crippen LogP contribution >= 0.6 is 0 Å². The second-order valence-electron chi connectivity index (χ2n) is 8.05. The van der Waals surface area contributed by atoms with E-state index in [0.717, 1.165) is 22.0 Å². The second-order valence-corrected chi connectivity index (χ2v) is 10.0. The summed E-state index contributed by atoms with van der Waals surface area (Å²) in [6.45, 7) is 0.767. The normalized spacial score (nSPS) is 11.7. The monoisotopic (exact) mass is 477 g/mol. The number of sulfonamides is 1. The molecule has 0 N–H and O–H groups in total. The van der Waals surface area contributed by atoms with Crippen molar-refractivity contribution in [1.82, 2.24) is 13.9 Å². The van der Waals surface area contributed by atoms with Gasteiger partial charge in [0.25, 0.3) is 5.56 Å². The van der Waals surface area contributed by atoms with Gasteiger partial charge in [-0.1, -0.05) is 36.4 Å². The summed E-state index contributed by atoms with van der Waals surface area (Å²) in [5.74, 6) is 0.559. The Morgan fingerprint density at radius 3 is 2.50 bits per heavy atom. The molecule has 0 amide bonds. The van der Waals surface area contributed by atoms with Gasteiger partial charge in [-0.05, 0) is 47.9 Å². The van der Waals surface area contributed by atoms with E-state index in [4.69, 9.17) is 4.74 Å². The maximum atomic E-state index is 13.2. The lowest BCUT2D eigenvalue weighted by molar-refractivity contribution is 0.273. The van der Waals surface area contributed by atoms with Crippen molar-refractivity contribution in [1.29, 1.82) is 0 Å². The van der Waals surface area contributed by atoms with E-state index in [1.807, 2.05) is 54.6 Å². The molecule has 0 spiro atoms. The van der Waals surface area contributed by atoms with E-state index in [0.29, 0.717) is 18.7 Å². The minimum Gasteiger partial charge on any atom is -0.492 e. The summed E-state index contributed by atoms with van der Waals surface area (Å²) in [7, 11) is -1.83. The molecule has 0 aliphatic rings. The van der Waals surface area contributed by atoms with Gasteiger partial charge in [0.1, 0.15) is 12.4 Å². The van der Waals surface area contributed by atoms with Crippen LogP contribution in [-0.4, -0.2) is 42.0 Å². The Balaban J connectivity index is 1.46. The van der Waals surface area contributed by atoms with Crippen LogP contribution in [0.2, 0.25) is 0 Å². The highest BCUT2D eigenvalue weighted by Crippen LogP contribution is 2.20. The molecule has 2 aromatic heterocycles. The topological polar surface area (TPSA) is 81.5 Å². The molecular formula is C26H27N3O4S. The average molecular weight is 478 g/mol. The number of hydrogen-bond acceptors (Lipinski definition) is 5. The van der Waals surface area contributed by atoms with Crippen LogP contribution in [0.15, 0.2) is 90.0 Å². The third-order valence-corrected chi connectivity index (χ3v) is 7.51. The van der Waals surface area contributed by atoms with E-state index in [2.05, 4.69) is 4.98 Å². The van der Waals surface area contributed by atoms with Crippen LogP contribution < -0.4 is 10.3 Å². The molecule has 34 heavy (non-hydrogen) atoms. The summed E-state index contributed by atoms with van der Waals surface area (Å²) in [5.41, 5.74) is 2.45. The van der Waals surface area contributed by atoms with Crippen molar-refractivity contribution in [2.75, 3.05) is 19.7 Å². The van der Waals surface area contributed by atoms with E-state index in [-0.39, 0.29) is 24.5 Å². The first-order chi connectivity index (χ1) is 16.4. The van der Waals surface area contributed by atoms with Crippen molar-refractivity contribution in [2.45, 2.75) is 12.2 Å². The SMILES string of the molecule is Cn1c(=O)ccc2cc(OCCN(CCc3cccnc3)S(=O)(=O)Cc3ccccc3)ccc21. The number of fused-ring (bicyclic) bond motifs is 1. The van der Waals surface area contributed by atoms with Crippen LogP contribution in [-0.2, 0) is 29.2 Å². The molecule has 0 radical (unpaired) electrons. The summed E-state index contributed by atoms with van der Waals surface area (Å²) in [6, 6.07) is 21.7. The van der Waals surface area contributed by atoms with Crippen molar-refractivity contribution < 1.29 is 13.2 Å². The van der Waals surface area contributed by atoms with E-state index >= 15 is 0 Å². The molecular weight excluding hydrogens is 450 g/mol. The first kappa shape index (κ1) is 23.7. The van der Waals surface area contributed by atoms with Crippen molar-refractivity contribution in [2.24, 2.45) is 7.05 Å². The number of aromatic nitrogens is 2. The quantitative estimate of drug-likeness (QED) is 0.350. The molecule has 0 bridgehead atoms. The van der Waals surface area contributed by atoms with Crippen molar-refractivity contribution in [3.63, 3.8) is 0 Å². The molecule has 0 aliphatic heterocycles. The molecule has 2 heterocycles. The minimum absolute atomic E-state index is 0.0646. The predicted molar refractivity (Wildman–Crippen MR) is 133 cm³/mol. The first-order valence-electron chi connectivity index (χ1n) is 11.1. The maximum absolute atomic E-state index is 13.2. The summed E-state index contributed by atoms with van der Waals surface area (Å²) in [5, 5.41) is 0.879. The molecule has 176 valence electrons. The number of benzene rings is 2. The largest absolute Gasteiger partial charge is 0.492 e. The lowest BCUT2D eigenvalue weighted by Crippen LogP contribution is -2.37. The lowest BCUT2D eigenvalue weighted by Gasteiger charge is -2.22. The fourth-order valence-electron chi connectivity index (χ4n) is 3.78. The van der Waals surface area contributed by atoms with Crippen molar-refractivity contribution in [3.8, 4) is 5.75 Å². The van der Waals surface area contributed by atoms with E-state index in [1.54, 1.807) is 36.1 Å². The van der Waals surface area contributed by atoms with Gasteiger partial charge in [-0.2, -0.15) is 4.31 Å². The van der Waals surface area contributed by atoms with E-state index in [1.165, 1.54) is 10.4 Å². The Kier molecular flexibility index (Phi) is 7.40. The fraction of sp³-hybridized carbons (Fsp3) is 0.231. The molecule has 4 aromatic rings. The highest BCUT2D eigenvalue weighted by molar-refractivity contribution is 7.88. The Morgan fingerprint density at radius 2 is 1.74 bits per heavy atom. The third kappa shape index (κ3) is 5.89. The van der Waals surface area contributed by atoms with Crippen molar-refractivity contribution >= 4 is 20.9 Å². The maximum Gasteiger partial charge on any atom is 0.250 e. The molecule has 0 unspecified atom stereocenters. The van der Waals surface area contributed by atoms with Crippen molar-refractivity contribution in [3.05, 3.63) is 107 Å². The molecule has 0 fully saturated rings. The van der Waals surface area contributed by atoms with E-state index in [9.17, 15) is 13.2 Å². The molecule has 0 atom stereocenters. The number of pyridine rings is 2. The first-order valence-corrected chi connectivity index (χ1v) is 12.7. The number of hydrogen-bond donors (Lipinski definition) is 0. The van der Waals surface area contributed by atoms with Gasteiger partial charge in [-0.15, -0.1) is 0 Å². The Labute approximate surface area is 199 Å². The number of nitrogens with zero attached hydrogens (tertiary/aromatic N) is 3. The van der Waals surface area contributed by atoms with Crippen LogP contribution in [0.25, 0.3) is 10.9 Å². The molecule has 8 heteroatoms. The zero-order valence-electron chi connectivity index (χ0n) is 19.0. The fourth-order valence-corrected chi connectivity index (χ4v) is 5.30. The molecule has 4 rings (SSSR count). The number of aryl methyl sites for hydroxylation is 1. The molecule has 0 saturated heterocycles. The smallest absolute Gasteiger partial charge is 0.250 e. The third-order valence-electron chi connectivity index (χ3n) is 5.66. The average Bonchev–Trinajstić information content (AvgIpc) is 2.84. The Hall–Kier alpha value is -3.49. The van der Waals surface area contributed by atoms with Gasteiger partial charge in [0.05, 0.1) is 11.3 Å². The van der Waals surface area contributed by atoms with Crippen LogP contribution in [0.1, 0.15) is 11.1 Å². The molecule has 7 nitrogen and oxygen atoms in total. The van der Waals surface area contributed by atoms with Crippen LogP contribution in [0.5, 0.6) is 5.75 Å². The predicted octanol–water partition coefficient (Wildman–Crippen LogP) is 3.39. The minimum atomic E-state index is -3.55. The van der Waals surface area contributed by atoms with Gasteiger partial charge in [0.2, 0.25) is 10.0 Å². The summed E-state index contributed by atoms with van der Waals surface area (Å²) >= 11 is 0. The molecule has 2 aromatic carbocycles. The lowest BCUT2D eigenvalue weighted by atomic mass is 10.2. The zero-order valence-corrected chi connectivity index (χ0v) is 19.8. The summed E-state index contributed by atoms with van der Waals surface area (Å²) in [4.78, 5) is 15.9. The van der Waals surface area contributed by atoms with Crippen LogP contribution in [0.3, 0.4) is 0 Å². The molecule has 0 aliphatic carbocycles. The van der Waals surface area contributed by atoms with Gasteiger partial charge < -0.3 is 9.30 Å². The number of ether oxygens (including phenoxy) is 1. The van der Waals surface area contributed by atoms with E-state index < -0.39 is 10.0 Å². The standard InChI is InChI=1S/C26H27N3O4S/c1-28-25-11-10-24(18-23(25)9-12-26(28)30)33-17-16-29(15-13-21-8-5-14-27-19-21)34(31,32)20-22-6-3-2-4-7-22/h2-12,14,18-19H,13,15-17,20H2,1H3. The highest BCUT2D eigenvalue weighted by Gasteiger charge is 2.22. The van der Waals surface area contributed by atoms with Crippen LogP contribution in [0, 0.1) is 0 Å². The summed E-state index contributed by atoms with van der Waals surface area (Å²) in [6.07, 6.45) is 4.01. The summed E-state index contributed by atoms with van der Waals surface area (Å²) < 4.78 is 35.4. The second kappa shape index (κ2) is 10.6. The number of rotatable bonds is 10. The molecule has 0 saturated carbocycles. The highest BCUT2D eigenvalue weighted by atomic mass is 32.2. The van der Waals surface area contributed by atoms with Gasteiger partial charge in [-0.3, -0.25) is 9.78 Å². The van der Waals surface area contributed by atoms with Gasteiger partial charge in [0.15, 0.2) is 0 Å². The van der Waals surface area contributed by atoms with Gasteiger partial charge in [-0.25, -0.2) is 8.42 Å².